The molecular weight excluding hydrogens is 510 g/mol. The lowest BCUT2D eigenvalue weighted by Crippen LogP contribution is -2.57. The lowest BCUT2D eigenvalue weighted by atomic mass is 10.0. The molecule has 0 aliphatic carbocycles. The number of guanidine groups is 1. The lowest BCUT2D eigenvalue weighted by Gasteiger charge is -2.25. The molecule has 0 aromatic carbocycles. The van der Waals surface area contributed by atoms with E-state index in [1.165, 1.54) is 13.8 Å². The molecule has 0 radical (unpaired) electrons. The van der Waals surface area contributed by atoms with Crippen LogP contribution in [0, 0.1) is 5.92 Å². The number of carbonyl (C=O) groups is 5. The van der Waals surface area contributed by atoms with Gasteiger partial charge < -0.3 is 49.3 Å². The minimum Gasteiger partial charge on any atom is -0.480 e. The second kappa shape index (κ2) is 18.7. The molecule has 0 aliphatic rings. The van der Waals surface area contributed by atoms with Gasteiger partial charge in [-0.05, 0) is 64.8 Å². The molecule has 0 fully saturated rings. The van der Waals surface area contributed by atoms with Crippen molar-refractivity contribution >= 4 is 35.6 Å². The van der Waals surface area contributed by atoms with Crippen molar-refractivity contribution in [3.8, 4) is 0 Å². The van der Waals surface area contributed by atoms with E-state index >= 15 is 0 Å². The molecule has 5 atom stereocenters. The van der Waals surface area contributed by atoms with Crippen molar-refractivity contribution < 1.29 is 29.1 Å². The second-order valence-electron chi connectivity index (χ2n) is 9.89. The quantitative estimate of drug-likeness (QED) is 0.0461. The summed E-state index contributed by atoms with van der Waals surface area (Å²) in [5, 5.41) is 19.1. The smallest absolute Gasteiger partial charge is 0.325 e. The zero-order valence-electron chi connectivity index (χ0n) is 23.4. The SMILES string of the molecule is CC(C)C[C@@H](N)C(=O)N[C@@H](CCCN=C(N)N)C(=O)N[C@H](C)C(=O)N[C@@H](CCCCN)C(=O)N[C@H](C)C(=O)O. The number of carboxylic acid groups (broad SMARTS) is 1. The van der Waals surface area contributed by atoms with Gasteiger partial charge in [0.25, 0.3) is 0 Å². The van der Waals surface area contributed by atoms with E-state index < -0.39 is 59.8 Å². The van der Waals surface area contributed by atoms with Gasteiger partial charge in [-0.25, -0.2) is 0 Å². The molecule has 0 saturated heterocycles. The third kappa shape index (κ3) is 15.5. The molecule has 0 rings (SSSR count). The molecule has 0 heterocycles. The molecule has 13 N–H and O–H groups in total. The molecule has 0 aromatic heterocycles. The number of nitrogens with two attached hydrogens (primary N) is 4. The highest BCUT2D eigenvalue weighted by molar-refractivity contribution is 5.95. The predicted octanol–water partition coefficient (Wildman–Crippen LogP) is -2.39. The summed E-state index contributed by atoms with van der Waals surface area (Å²) < 4.78 is 0. The largest absolute Gasteiger partial charge is 0.480 e. The maximum absolute atomic E-state index is 13.0. The van der Waals surface area contributed by atoms with Gasteiger partial charge >= 0.3 is 5.97 Å². The highest BCUT2D eigenvalue weighted by Gasteiger charge is 2.29. The topological polar surface area (TPSA) is 270 Å². The minimum absolute atomic E-state index is 0.105. The first kappa shape index (κ1) is 35.5. The second-order valence-corrected chi connectivity index (χ2v) is 9.89. The average molecular weight is 558 g/mol. The highest BCUT2D eigenvalue weighted by Crippen LogP contribution is 2.06. The first-order chi connectivity index (χ1) is 18.2. The van der Waals surface area contributed by atoms with Crippen LogP contribution in [0.25, 0.3) is 0 Å². The van der Waals surface area contributed by atoms with Gasteiger partial charge in [0.1, 0.15) is 24.2 Å². The molecule has 0 spiro atoms. The number of aliphatic imine (C=N–C) groups is 1. The molecule has 0 unspecified atom stereocenters. The Morgan fingerprint density at radius 1 is 0.744 bits per heavy atom. The summed E-state index contributed by atoms with van der Waals surface area (Å²) >= 11 is 0. The van der Waals surface area contributed by atoms with Crippen molar-refractivity contribution in [3.05, 3.63) is 0 Å². The van der Waals surface area contributed by atoms with Crippen LogP contribution in [0.5, 0.6) is 0 Å². The van der Waals surface area contributed by atoms with E-state index in [4.69, 9.17) is 28.0 Å². The van der Waals surface area contributed by atoms with Gasteiger partial charge in [-0.15, -0.1) is 0 Å². The third-order valence-corrected chi connectivity index (χ3v) is 5.70. The van der Waals surface area contributed by atoms with Crippen LogP contribution in [0.1, 0.15) is 66.2 Å². The normalized spacial score (nSPS) is 14.7. The van der Waals surface area contributed by atoms with E-state index in [0.29, 0.717) is 32.2 Å². The maximum atomic E-state index is 13.0. The van der Waals surface area contributed by atoms with Crippen LogP contribution in [-0.4, -0.2) is 84.0 Å². The molecular formula is C24H47N9O6. The maximum Gasteiger partial charge on any atom is 0.325 e. The van der Waals surface area contributed by atoms with Gasteiger partial charge in [0.15, 0.2) is 5.96 Å². The van der Waals surface area contributed by atoms with Crippen LogP contribution >= 0.6 is 0 Å². The van der Waals surface area contributed by atoms with Crippen LogP contribution in [0.2, 0.25) is 0 Å². The molecule has 0 aliphatic heterocycles. The summed E-state index contributed by atoms with van der Waals surface area (Å²) in [5.74, 6) is -3.64. The van der Waals surface area contributed by atoms with Gasteiger partial charge in [-0.2, -0.15) is 0 Å². The van der Waals surface area contributed by atoms with Crippen molar-refractivity contribution in [3.63, 3.8) is 0 Å². The fourth-order valence-corrected chi connectivity index (χ4v) is 3.48. The Morgan fingerprint density at radius 3 is 1.74 bits per heavy atom. The van der Waals surface area contributed by atoms with Crippen molar-refractivity contribution in [2.45, 2.75) is 96.4 Å². The zero-order chi connectivity index (χ0) is 30.1. The van der Waals surface area contributed by atoms with Gasteiger partial charge in [0.2, 0.25) is 23.6 Å². The fourth-order valence-electron chi connectivity index (χ4n) is 3.48. The van der Waals surface area contributed by atoms with Crippen LogP contribution in [0.4, 0.5) is 0 Å². The summed E-state index contributed by atoms with van der Waals surface area (Å²) in [6, 6.07) is -5.11. The van der Waals surface area contributed by atoms with Crippen molar-refractivity contribution in [1.29, 1.82) is 0 Å². The molecule has 39 heavy (non-hydrogen) atoms. The summed E-state index contributed by atoms with van der Waals surface area (Å²) in [5.41, 5.74) is 22.1. The Morgan fingerprint density at radius 2 is 1.26 bits per heavy atom. The summed E-state index contributed by atoms with van der Waals surface area (Å²) in [6.45, 7) is 7.17. The van der Waals surface area contributed by atoms with Crippen LogP contribution in [-0.2, 0) is 24.0 Å². The highest BCUT2D eigenvalue weighted by atomic mass is 16.4. The van der Waals surface area contributed by atoms with Crippen LogP contribution in [0.15, 0.2) is 4.99 Å². The number of hydrogen-bond donors (Lipinski definition) is 9. The van der Waals surface area contributed by atoms with E-state index in [0.717, 1.165) is 0 Å². The summed E-state index contributed by atoms with van der Waals surface area (Å²) in [4.78, 5) is 66.0. The molecule has 224 valence electrons. The number of aliphatic carboxylic acids is 1. The van der Waals surface area contributed by atoms with Crippen molar-refractivity contribution in [2.24, 2.45) is 33.8 Å². The molecule has 15 nitrogen and oxygen atoms in total. The van der Waals surface area contributed by atoms with E-state index in [9.17, 15) is 24.0 Å². The molecule has 4 amide bonds. The average Bonchev–Trinajstić information content (AvgIpc) is 2.84. The number of hydrogen-bond acceptors (Lipinski definition) is 8. The number of carbonyl (C=O) groups excluding carboxylic acids is 4. The Labute approximate surface area is 229 Å². The Kier molecular flexibility index (Phi) is 17.1. The van der Waals surface area contributed by atoms with Gasteiger partial charge in [-0.1, -0.05) is 13.8 Å². The number of nitrogens with zero attached hydrogens (tertiary/aromatic N) is 1. The summed E-state index contributed by atoms with van der Waals surface area (Å²) in [6.07, 6.45) is 2.29. The number of unbranched alkanes of at least 4 members (excludes halogenated alkanes) is 1. The van der Waals surface area contributed by atoms with Crippen LogP contribution in [0.3, 0.4) is 0 Å². The Hall–Kier alpha value is -3.46. The summed E-state index contributed by atoms with van der Waals surface area (Å²) in [7, 11) is 0. The third-order valence-electron chi connectivity index (χ3n) is 5.70. The standard InChI is InChI=1S/C24H47N9O6/c1-13(2)12-16(26)20(35)33-18(9-7-11-29-24(27)28)21(36)30-14(3)19(34)32-17(8-5-6-10-25)22(37)31-15(4)23(38)39/h13-18H,5-12,25-26H2,1-4H3,(H,30,36)(H,31,37)(H,32,34)(H,33,35)(H,38,39)(H4,27,28,29)/t14-,15-,16-,17+,18+/m1/s1. The number of carboxylic acids is 1. The lowest BCUT2D eigenvalue weighted by molar-refractivity contribution is -0.141. The number of amides is 4. The molecule has 15 heteroatoms. The first-order valence-electron chi connectivity index (χ1n) is 13.1. The van der Waals surface area contributed by atoms with Gasteiger partial charge in [0.05, 0.1) is 6.04 Å². The Bertz CT molecular complexity index is 848. The monoisotopic (exact) mass is 557 g/mol. The molecule has 0 aromatic rings. The fraction of sp³-hybridized carbons (Fsp3) is 0.750. The minimum atomic E-state index is -1.22. The first-order valence-corrected chi connectivity index (χ1v) is 13.1. The van der Waals surface area contributed by atoms with Crippen LogP contribution < -0.4 is 44.2 Å². The number of nitrogens with one attached hydrogen (secondary N) is 4. The molecule has 0 saturated carbocycles. The van der Waals surface area contributed by atoms with Gasteiger partial charge in [0, 0.05) is 6.54 Å². The Balaban J connectivity index is 5.41. The van der Waals surface area contributed by atoms with Crippen molar-refractivity contribution in [2.75, 3.05) is 13.1 Å². The van der Waals surface area contributed by atoms with E-state index in [1.807, 2.05) is 13.8 Å². The van der Waals surface area contributed by atoms with E-state index in [-0.39, 0.29) is 31.3 Å². The van der Waals surface area contributed by atoms with E-state index in [1.54, 1.807) is 0 Å². The van der Waals surface area contributed by atoms with Crippen molar-refractivity contribution in [1.82, 2.24) is 21.3 Å². The van der Waals surface area contributed by atoms with Gasteiger partial charge in [-0.3, -0.25) is 29.0 Å². The predicted molar refractivity (Wildman–Crippen MR) is 147 cm³/mol. The van der Waals surface area contributed by atoms with E-state index in [2.05, 4.69) is 26.3 Å². The zero-order valence-corrected chi connectivity index (χ0v) is 23.4. The molecule has 0 bridgehead atoms. The number of rotatable bonds is 19.